The summed E-state index contributed by atoms with van der Waals surface area (Å²) in [7, 11) is 5.46. The number of ether oxygens (including phenoxy) is 1. The summed E-state index contributed by atoms with van der Waals surface area (Å²) in [4.78, 5) is 20.6. The standard InChI is InChI=1S/C24H26N4O3S/c1-27(2)14-15-28-22(21(26-24(28)32)18-6-4-5-13-25-18)20-12-11-19(31-20)16-7-9-17(10-8-16)23(29)30-3/h4-13,21-22H,14-15H2,1-3H3,(H,26,32)/t21-,22-/m0/s1. The molecule has 1 aliphatic heterocycles. The van der Waals surface area contributed by atoms with Crippen LogP contribution in [-0.4, -0.2) is 60.2 Å². The molecule has 2 atom stereocenters. The van der Waals surface area contributed by atoms with Gasteiger partial charge in [0.1, 0.15) is 17.6 Å². The second kappa shape index (κ2) is 9.50. The second-order valence-electron chi connectivity index (χ2n) is 7.89. The molecule has 3 heterocycles. The minimum atomic E-state index is -0.364. The quantitative estimate of drug-likeness (QED) is 0.432. The van der Waals surface area contributed by atoms with E-state index in [9.17, 15) is 4.79 Å². The molecule has 7 nitrogen and oxygen atoms in total. The van der Waals surface area contributed by atoms with Gasteiger partial charge in [-0.25, -0.2) is 4.79 Å². The predicted octanol–water partition coefficient (Wildman–Crippen LogP) is 3.66. The van der Waals surface area contributed by atoms with Crippen molar-refractivity contribution < 1.29 is 13.9 Å². The first-order chi connectivity index (χ1) is 15.5. The highest BCUT2D eigenvalue weighted by Crippen LogP contribution is 2.40. The molecule has 8 heteroatoms. The highest BCUT2D eigenvalue weighted by Gasteiger charge is 2.41. The van der Waals surface area contributed by atoms with Crippen LogP contribution >= 0.6 is 12.2 Å². The van der Waals surface area contributed by atoms with Gasteiger partial charge in [-0.15, -0.1) is 0 Å². The van der Waals surface area contributed by atoms with Gasteiger partial charge >= 0.3 is 5.97 Å². The van der Waals surface area contributed by atoms with Gasteiger partial charge in [-0.1, -0.05) is 18.2 Å². The molecular weight excluding hydrogens is 424 g/mol. The minimum Gasteiger partial charge on any atom is -0.465 e. The molecule has 3 aromatic rings. The molecule has 32 heavy (non-hydrogen) atoms. The maximum atomic E-state index is 11.7. The lowest BCUT2D eigenvalue weighted by atomic mass is 10.0. The van der Waals surface area contributed by atoms with E-state index in [0.717, 1.165) is 35.9 Å². The summed E-state index contributed by atoms with van der Waals surface area (Å²) >= 11 is 5.68. The number of nitrogens with zero attached hydrogens (tertiary/aromatic N) is 3. The molecule has 1 aromatic carbocycles. The summed E-state index contributed by atoms with van der Waals surface area (Å²) in [6.07, 6.45) is 1.79. The Morgan fingerprint density at radius 3 is 2.62 bits per heavy atom. The summed E-state index contributed by atoms with van der Waals surface area (Å²) < 4.78 is 11.1. The van der Waals surface area contributed by atoms with Gasteiger partial charge in [-0.2, -0.15) is 0 Å². The van der Waals surface area contributed by atoms with Crippen LogP contribution in [0.2, 0.25) is 0 Å². The molecule has 0 radical (unpaired) electrons. The van der Waals surface area contributed by atoms with Gasteiger partial charge in [-0.3, -0.25) is 4.98 Å². The second-order valence-corrected chi connectivity index (χ2v) is 8.28. The molecule has 166 valence electrons. The van der Waals surface area contributed by atoms with E-state index in [-0.39, 0.29) is 18.1 Å². The zero-order valence-electron chi connectivity index (χ0n) is 18.3. The van der Waals surface area contributed by atoms with Gasteiger partial charge in [0.25, 0.3) is 0 Å². The molecule has 0 unspecified atom stereocenters. The summed E-state index contributed by atoms with van der Waals surface area (Å²) in [5.41, 5.74) is 2.29. The number of carbonyl (C=O) groups excluding carboxylic acids is 1. The molecule has 0 aliphatic carbocycles. The summed E-state index contributed by atoms with van der Waals surface area (Å²) in [5.74, 6) is 1.16. The first kappa shape index (κ1) is 22.0. The van der Waals surface area contributed by atoms with Crippen molar-refractivity contribution >= 4 is 23.3 Å². The van der Waals surface area contributed by atoms with Crippen molar-refractivity contribution in [1.82, 2.24) is 20.1 Å². The molecule has 0 amide bonds. The van der Waals surface area contributed by atoms with E-state index < -0.39 is 0 Å². The maximum absolute atomic E-state index is 11.7. The number of pyridine rings is 1. The van der Waals surface area contributed by atoms with Crippen LogP contribution in [0.5, 0.6) is 0 Å². The third-order valence-corrected chi connectivity index (χ3v) is 5.85. The predicted molar refractivity (Wildman–Crippen MR) is 126 cm³/mol. The highest BCUT2D eigenvalue weighted by atomic mass is 32.1. The van der Waals surface area contributed by atoms with Crippen LogP contribution in [0.25, 0.3) is 11.3 Å². The van der Waals surface area contributed by atoms with E-state index in [4.69, 9.17) is 21.4 Å². The third kappa shape index (κ3) is 4.51. The summed E-state index contributed by atoms with van der Waals surface area (Å²) in [6.45, 7) is 1.62. The van der Waals surface area contributed by atoms with Gasteiger partial charge < -0.3 is 24.3 Å². The largest absolute Gasteiger partial charge is 0.465 e. The normalized spacial score (nSPS) is 18.1. The van der Waals surface area contributed by atoms with Crippen molar-refractivity contribution in [3.63, 3.8) is 0 Å². The van der Waals surface area contributed by atoms with Crippen LogP contribution in [0.4, 0.5) is 0 Å². The van der Waals surface area contributed by atoms with Gasteiger partial charge in [0, 0.05) is 24.8 Å². The van der Waals surface area contributed by atoms with Crippen LogP contribution < -0.4 is 5.32 Å². The smallest absolute Gasteiger partial charge is 0.337 e. The minimum absolute atomic E-state index is 0.119. The highest BCUT2D eigenvalue weighted by molar-refractivity contribution is 7.80. The maximum Gasteiger partial charge on any atom is 0.337 e. The molecule has 1 saturated heterocycles. The topological polar surface area (TPSA) is 70.8 Å². The van der Waals surface area contributed by atoms with Crippen LogP contribution in [0.15, 0.2) is 65.2 Å². The lowest BCUT2D eigenvalue weighted by Gasteiger charge is -2.27. The van der Waals surface area contributed by atoms with E-state index >= 15 is 0 Å². The molecule has 1 aliphatic rings. The number of hydrogen-bond donors (Lipinski definition) is 1. The number of rotatable bonds is 7. The van der Waals surface area contributed by atoms with Crippen molar-refractivity contribution in [3.8, 4) is 11.3 Å². The van der Waals surface area contributed by atoms with Crippen molar-refractivity contribution in [3.05, 3.63) is 77.8 Å². The van der Waals surface area contributed by atoms with E-state index in [1.807, 2.05) is 56.6 Å². The Balaban J connectivity index is 1.65. The number of nitrogens with one attached hydrogen (secondary N) is 1. The number of methoxy groups -OCH3 is 1. The Hall–Kier alpha value is -3.23. The lowest BCUT2D eigenvalue weighted by molar-refractivity contribution is 0.0600. The van der Waals surface area contributed by atoms with Gasteiger partial charge in [0.2, 0.25) is 0 Å². The van der Waals surface area contributed by atoms with Crippen LogP contribution in [0.3, 0.4) is 0 Å². The zero-order chi connectivity index (χ0) is 22.7. The van der Waals surface area contributed by atoms with Crippen molar-refractivity contribution in [2.75, 3.05) is 34.3 Å². The molecule has 2 aromatic heterocycles. The van der Waals surface area contributed by atoms with E-state index in [2.05, 4.69) is 20.1 Å². The summed E-state index contributed by atoms with van der Waals surface area (Å²) in [5, 5.41) is 4.12. The SMILES string of the molecule is COC(=O)c1ccc(-c2ccc([C@H]3[C@H](c4ccccn4)NC(=S)N3CCN(C)C)o2)cc1. The van der Waals surface area contributed by atoms with E-state index in [1.165, 1.54) is 7.11 Å². The van der Waals surface area contributed by atoms with E-state index in [1.54, 1.807) is 18.3 Å². The first-order valence-electron chi connectivity index (χ1n) is 10.4. The first-order valence-corrected chi connectivity index (χ1v) is 10.8. The van der Waals surface area contributed by atoms with Gasteiger partial charge in [0.05, 0.1) is 24.4 Å². The Labute approximate surface area is 193 Å². The average molecular weight is 451 g/mol. The van der Waals surface area contributed by atoms with Gasteiger partial charge in [-0.05, 0) is 62.7 Å². The number of hydrogen-bond acceptors (Lipinski definition) is 6. The Bertz CT molecular complexity index is 1080. The number of furan rings is 1. The van der Waals surface area contributed by atoms with Crippen molar-refractivity contribution in [1.29, 1.82) is 0 Å². The monoisotopic (exact) mass is 450 g/mol. The van der Waals surface area contributed by atoms with Crippen LogP contribution in [-0.2, 0) is 4.74 Å². The van der Waals surface area contributed by atoms with Gasteiger partial charge in [0.15, 0.2) is 5.11 Å². The Kier molecular flexibility index (Phi) is 6.53. The molecule has 1 N–H and O–H groups in total. The number of likely N-dealkylation sites (N-methyl/N-ethyl adjacent to an activating group) is 1. The average Bonchev–Trinajstić information content (AvgIpc) is 3.42. The van der Waals surface area contributed by atoms with Crippen molar-refractivity contribution in [2.24, 2.45) is 0 Å². The Morgan fingerprint density at radius 1 is 1.19 bits per heavy atom. The molecule has 1 fully saturated rings. The zero-order valence-corrected chi connectivity index (χ0v) is 19.1. The third-order valence-electron chi connectivity index (χ3n) is 5.49. The number of thiocarbonyl (C=S) groups is 1. The summed E-state index contributed by atoms with van der Waals surface area (Å²) in [6, 6.07) is 16.7. The lowest BCUT2D eigenvalue weighted by Crippen LogP contribution is -2.35. The molecule has 4 rings (SSSR count). The fourth-order valence-corrected chi connectivity index (χ4v) is 4.15. The molecule has 0 bridgehead atoms. The molecule has 0 saturated carbocycles. The fraction of sp³-hybridized carbons (Fsp3) is 0.292. The Morgan fingerprint density at radius 2 is 1.97 bits per heavy atom. The molecule has 0 spiro atoms. The number of benzene rings is 1. The van der Waals surface area contributed by atoms with Crippen LogP contribution in [0.1, 0.15) is 33.9 Å². The van der Waals surface area contributed by atoms with Crippen molar-refractivity contribution in [2.45, 2.75) is 12.1 Å². The van der Waals surface area contributed by atoms with E-state index in [0.29, 0.717) is 10.7 Å². The van der Waals surface area contributed by atoms with Crippen LogP contribution in [0, 0.1) is 0 Å². The number of aromatic nitrogens is 1. The number of esters is 1. The number of carbonyl (C=O) groups is 1. The molecular formula is C24H26N4O3S. The fourth-order valence-electron chi connectivity index (χ4n) is 3.82.